The number of methoxy groups -OCH3 is 1. The van der Waals surface area contributed by atoms with E-state index >= 15 is 0 Å². The van der Waals surface area contributed by atoms with Crippen molar-refractivity contribution in [3.8, 4) is 5.75 Å². The van der Waals surface area contributed by atoms with Crippen molar-refractivity contribution in [1.29, 1.82) is 0 Å². The fraction of sp³-hybridized carbons (Fsp3) is 0.444. The van der Waals surface area contributed by atoms with Crippen LogP contribution in [0.5, 0.6) is 5.75 Å². The van der Waals surface area contributed by atoms with Crippen LogP contribution in [-0.4, -0.2) is 30.0 Å². The van der Waals surface area contributed by atoms with Gasteiger partial charge in [-0.2, -0.15) is 0 Å². The van der Waals surface area contributed by atoms with Crippen LogP contribution in [0.3, 0.4) is 0 Å². The van der Waals surface area contributed by atoms with E-state index in [2.05, 4.69) is 19.1 Å². The molecule has 1 aliphatic carbocycles. The summed E-state index contributed by atoms with van der Waals surface area (Å²) in [4.78, 5) is 0. The molecule has 0 radical (unpaired) electrons. The van der Waals surface area contributed by atoms with Gasteiger partial charge in [-0.05, 0) is 44.9 Å². The van der Waals surface area contributed by atoms with Crippen molar-refractivity contribution in [2.75, 3.05) is 7.11 Å². The number of hydrogen-bond acceptors (Lipinski definition) is 3. The Labute approximate surface area is 125 Å². The van der Waals surface area contributed by atoms with Gasteiger partial charge in [0.05, 0.1) is 6.10 Å². The van der Waals surface area contributed by atoms with E-state index in [9.17, 15) is 5.11 Å². The molecular weight excluding hydrogens is 264 g/mol. The Morgan fingerprint density at radius 1 is 1.19 bits per heavy atom. The molecule has 1 aliphatic heterocycles. The summed E-state index contributed by atoms with van der Waals surface area (Å²) in [6, 6.07) is 4.20. The van der Waals surface area contributed by atoms with Gasteiger partial charge in [0.1, 0.15) is 17.5 Å². The summed E-state index contributed by atoms with van der Waals surface area (Å²) in [6.07, 6.45) is 2.93. The molecule has 0 saturated heterocycles. The zero-order valence-electron chi connectivity index (χ0n) is 13.2. The van der Waals surface area contributed by atoms with Crippen molar-refractivity contribution in [2.45, 2.75) is 45.5 Å². The van der Waals surface area contributed by atoms with Gasteiger partial charge in [0.25, 0.3) is 0 Å². The van der Waals surface area contributed by atoms with Crippen molar-refractivity contribution >= 4 is 5.57 Å². The Hall–Kier alpha value is -1.58. The highest BCUT2D eigenvalue weighted by Crippen LogP contribution is 2.47. The third-order valence-corrected chi connectivity index (χ3v) is 4.31. The van der Waals surface area contributed by atoms with Gasteiger partial charge in [-0.25, -0.2) is 0 Å². The van der Waals surface area contributed by atoms with E-state index in [1.807, 2.05) is 26.8 Å². The second-order valence-electron chi connectivity index (χ2n) is 6.38. The first-order chi connectivity index (χ1) is 9.85. The molecule has 112 valence electrons. The monoisotopic (exact) mass is 286 g/mol. The topological polar surface area (TPSA) is 38.7 Å². The average Bonchev–Trinajstić information content (AvgIpc) is 2.40. The quantitative estimate of drug-likeness (QED) is 0.806. The van der Waals surface area contributed by atoms with Crippen LogP contribution < -0.4 is 4.74 Å². The lowest BCUT2D eigenvalue weighted by molar-refractivity contribution is 0.0844. The molecule has 3 heteroatoms. The molecular formula is C18H22O3. The Balaban J connectivity index is 2.32. The maximum Gasteiger partial charge on any atom is 0.131 e. The first-order valence-electron chi connectivity index (χ1n) is 7.29. The minimum absolute atomic E-state index is 0.160. The molecule has 0 aromatic heterocycles. The van der Waals surface area contributed by atoms with Crippen LogP contribution in [0.25, 0.3) is 5.57 Å². The second-order valence-corrected chi connectivity index (χ2v) is 6.38. The third-order valence-electron chi connectivity index (χ3n) is 4.31. The number of aliphatic hydroxyl groups excluding tert-OH is 1. The SMILES string of the molecule is CO[C@@H]1C=C[C@H](O)C2=C1C(C)(C)Oc1c(C)cc(C)cc12. The lowest BCUT2D eigenvalue weighted by atomic mass is 9.77. The molecule has 0 fully saturated rings. The molecule has 2 aliphatic rings. The Morgan fingerprint density at radius 3 is 2.57 bits per heavy atom. The fourth-order valence-electron chi connectivity index (χ4n) is 3.48. The molecule has 1 aromatic rings. The molecule has 1 aromatic carbocycles. The van der Waals surface area contributed by atoms with Gasteiger partial charge in [-0.1, -0.05) is 18.2 Å². The van der Waals surface area contributed by atoms with Crippen LogP contribution in [0.4, 0.5) is 0 Å². The summed E-state index contributed by atoms with van der Waals surface area (Å²) in [7, 11) is 1.68. The van der Waals surface area contributed by atoms with E-state index in [0.29, 0.717) is 0 Å². The fourth-order valence-corrected chi connectivity index (χ4v) is 3.48. The second kappa shape index (κ2) is 4.72. The molecule has 0 unspecified atom stereocenters. The molecule has 3 nitrogen and oxygen atoms in total. The predicted molar refractivity (Wildman–Crippen MR) is 83.5 cm³/mol. The van der Waals surface area contributed by atoms with Crippen LogP contribution in [0.15, 0.2) is 29.9 Å². The van der Waals surface area contributed by atoms with Gasteiger partial charge in [0, 0.05) is 23.8 Å². The van der Waals surface area contributed by atoms with Gasteiger partial charge < -0.3 is 14.6 Å². The summed E-state index contributed by atoms with van der Waals surface area (Å²) in [5.41, 5.74) is 4.69. The zero-order valence-corrected chi connectivity index (χ0v) is 13.2. The predicted octanol–water partition coefficient (Wildman–Crippen LogP) is 3.17. The van der Waals surface area contributed by atoms with Gasteiger partial charge in [0.15, 0.2) is 0 Å². The van der Waals surface area contributed by atoms with Crippen molar-refractivity contribution in [3.63, 3.8) is 0 Å². The Kier molecular flexibility index (Phi) is 3.23. The van der Waals surface area contributed by atoms with E-state index in [1.165, 1.54) is 0 Å². The van der Waals surface area contributed by atoms with Crippen LogP contribution >= 0.6 is 0 Å². The molecule has 3 rings (SSSR count). The molecule has 1 heterocycles. The number of aliphatic hydroxyl groups is 1. The average molecular weight is 286 g/mol. The van der Waals surface area contributed by atoms with Crippen LogP contribution in [0, 0.1) is 13.8 Å². The van der Waals surface area contributed by atoms with Crippen LogP contribution in [0.2, 0.25) is 0 Å². The lowest BCUT2D eigenvalue weighted by Gasteiger charge is -2.42. The standard InChI is InChI=1S/C18H22O3/c1-10-8-11(2)17-12(9-10)15-13(19)6-7-14(20-5)16(15)18(3,4)21-17/h6-9,13-14,19H,1-5H3/t13-,14+/m0/s1. The van der Waals surface area contributed by atoms with E-state index in [0.717, 1.165) is 33.6 Å². The molecule has 0 bridgehead atoms. The largest absolute Gasteiger partial charge is 0.482 e. The number of benzene rings is 1. The maximum atomic E-state index is 10.5. The summed E-state index contributed by atoms with van der Waals surface area (Å²) < 4.78 is 11.9. The van der Waals surface area contributed by atoms with Gasteiger partial charge in [0.2, 0.25) is 0 Å². The number of ether oxygens (including phenoxy) is 2. The van der Waals surface area contributed by atoms with E-state index in [-0.39, 0.29) is 6.10 Å². The highest BCUT2D eigenvalue weighted by atomic mass is 16.5. The molecule has 0 spiro atoms. The lowest BCUT2D eigenvalue weighted by Crippen LogP contribution is -2.43. The smallest absolute Gasteiger partial charge is 0.131 e. The zero-order chi connectivity index (χ0) is 15.4. The molecule has 1 N–H and O–H groups in total. The Bertz CT molecular complexity index is 653. The van der Waals surface area contributed by atoms with E-state index < -0.39 is 11.7 Å². The summed E-state index contributed by atoms with van der Waals surface area (Å²) >= 11 is 0. The maximum absolute atomic E-state index is 10.5. The van der Waals surface area contributed by atoms with Crippen molar-refractivity contribution in [2.24, 2.45) is 0 Å². The molecule has 21 heavy (non-hydrogen) atoms. The first-order valence-corrected chi connectivity index (χ1v) is 7.29. The van der Waals surface area contributed by atoms with Crippen molar-refractivity contribution in [3.05, 3.63) is 46.5 Å². The van der Waals surface area contributed by atoms with Crippen LogP contribution in [-0.2, 0) is 4.74 Å². The van der Waals surface area contributed by atoms with Crippen LogP contribution in [0.1, 0.15) is 30.5 Å². The molecule has 2 atom stereocenters. The summed E-state index contributed by atoms with van der Waals surface area (Å²) in [5, 5.41) is 10.5. The summed E-state index contributed by atoms with van der Waals surface area (Å²) in [5.74, 6) is 0.869. The molecule has 0 amide bonds. The Morgan fingerprint density at radius 2 is 1.90 bits per heavy atom. The van der Waals surface area contributed by atoms with Gasteiger partial charge in [-0.3, -0.25) is 0 Å². The van der Waals surface area contributed by atoms with E-state index in [4.69, 9.17) is 9.47 Å². The van der Waals surface area contributed by atoms with Crippen molar-refractivity contribution in [1.82, 2.24) is 0 Å². The number of rotatable bonds is 1. The highest BCUT2D eigenvalue weighted by Gasteiger charge is 2.42. The number of aryl methyl sites for hydroxylation is 2. The number of hydrogen-bond donors (Lipinski definition) is 1. The first kappa shape index (κ1) is 14.4. The highest BCUT2D eigenvalue weighted by molar-refractivity contribution is 5.83. The van der Waals surface area contributed by atoms with Gasteiger partial charge in [-0.15, -0.1) is 0 Å². The number of fused-ring (bicyclic) bond motifs is 2. The van der Waals surface area contributed by atoms with E-state index in [1.54, 1.807) is 13.2 Å². The molecule has 0 saturated carbocycles. The minimum Gasteiger partial charge on any atom is -0.482 e. The normalized spacial score (nSPS) is 26.2. The van der Waals surface area contributed by atoms with Crippen molar-refractivity contribution < 1.29 is 14.6 Å². The minimum atomic E-state index is -0.616. The third kappa shape index (κ3) is 2.12. The van der Waals surface area contributed by atoms with Gasteiger partial charge >= 0.3 is 0 Å². The summed E-state index contributed by atoms with van der Waals surface area (Å²) in [6.45, 7) is 8.17.